The maximum atomic E-state index is 12.8. The molecule has 1 aromatic rings. The third-order valence-electron chi connectivity index (χ3n) is 4.45. The molecule has 0 radical (unpaired) electrons. The number of ether oxygens (including phenoxy) is 3. The number of halogens is 1. The Morgan fingerprint density at radius 3 is 2.70 bits per heavy atom. The molecule has 1 saturated heterocycles. The molecule has 168 valence electrons. The number of benzene rings is 1. The van der Waals surface area contributed by atoms with Crippen molar-refractivity contribution >= 4 is 27.9 Å². The number of methoxy groups -OCH3 is 1. The third kappa shape index (κ3) is 7.36. The van der Waals surface area contributed by atoms with E-state index in [4.69, 9.17) is 14.2 Å². The summed E-state index contributed by atoms with van der Waals surface area (Å²) in [6.07, 6.45) is 1.82. The first kappa shape index (κ1) is 24.3. The highest BCUT2D eigenvalue weighted by Gasteiger charge is 2.29. The van der Waals surface area contributed by atoms with Crippen molar-refractivity contribution in [1.82, 2.24) is 10.2 Å². The van der Waals surface area contributed by atoms with E-state index in [0.717, 1.165) is 12.8 Å². The number of nitrogens with zero attached hydrogens (tertiary/aromatic N) is 1. The van der Waals surface area contributed by atoms with Gasteiger partial charge in [0, 0.05) is 43.7 Å². The molecule has 9 heteroatoms. The van der Waals surface area contributed by atoms with E-state index in [-0.39, 0.29) is 29.5 Å². The predicted octanol–water partition coefficient (Wildman–Crippen LogP) is 3.70. The minimum atomic E-state index is -0.566. The third-order valence-corrected chi connectivity index (χ3v) is 5.11. The molecule has 1 aliphatic heterocycles. The van der Waals surface area contributed by atoms with Crippen LogP contribution in [0.3, 0.4) is 0 Å². The zero-order valence-corrected chi connectivity index (χ0v) is 19.6. The van der Waals surface area contributed by atoms with Crippen LogP contribution in [0.25, 0.3) is 0 Å². The number of aromatic hydroxyl groups is 1. The molecular formula is C21H31BrN2O6. The van der Waals surface area contributed by atoms with Crippen LogP contribution in [0.5, 0.6) is 11.5 Å². The van der Waals surface area contributed by atoms with Gasteiger partial charge in [0.25, 0.3) is 5.91 Å². The Morgan fingerprint density at radius 2 is 2.03 bits per heavy atom. The first-order valence-electron chi connectivity index (χ1n) is 10.0. The van der Waals surface area contributed by atoms with Crippen molar-refractivity contribution in [1.29, 1.82) is 0 Å². The smallest absolute Gasteiger partial charge is 0.410 e. The summed E-state index contributed by atoms with van der Waals surface area (Å²) in [5, 5.41) is 13.1. The lowest BCUT2D eigenvalue weighted by molar-refractivity contribution is 0.0185. The molecule has 2 N–H and O–H groups in total. The number of hydrogen-bond donors (Lipinski definition) is 2. The fourth-order valence-corrected chi connectivity index (χ4v) is 3.58. The van der Waals surface area contributed by atoms with E-state index in [1.54, 1.807) is 12.0 Å². The Labute approximate surface area is 186 Å². The minimum Gasteiger partial charge on any atom is -0.504 e. The number of carbonyl (C=O) groups is 2. The maximum Gasteiger partial charge on any atom is 0.410 e. The van der Waals surface area contributed by atoms with Crippen molar-refractivity contribution in [3.8, 4) is 11.5 Å². The van der Waals surface area contributed by atoms with E-state index >= 15 is 0 Å². The molecular weight excluding hydrogens is 456 g/mol. The van der Waals surface area contributed by atoms with Gasteiger partial charge in [0.2, 0.25) is 0 Å². The van der Waals surface area contributed by atoms with Gasteiger partial charge in [-0.15, -0.1) is 0 Å². The van der Waals surface area contributed by atoms with E-state index in [2.05, 4.69) is 21.2 Å². The lowest BCUT2D eigenvalue weighted by Crippen LogP contribution is -2.50. The van der Waals surface area contributed by atoms with Crippen LogP contribution in [0.4, 0.5) is 4.79 Å². The molecule has 8 nitrogen and oxygen atoms in total. The van der Waals surface area contributed by atoms with Gasteiger partial charge in [-0.3, -0.25) is 4.79 Å². The van der Waals surface area contributed by atoms with Gasteiger partial charge in [-0.2, -0.15) is 0 Å². The number of likely N-dealkylation sites (tertiary alicyclic amines) is 1. The lowest BCUT2D eigenvalue weighted by Gasteiger charge is -2.34. The van der Waals surface area contributed by atoms with E-state index in [0.29, 0.717) is 42.8 Å². The standard InChI is InChI=1S/C21H31BrN2O6/c1-21(2,3)30-20(27)24-8-5-7-14(13-24)23-19(26)15-11-18(17(25)12-16(15)22)29-10-6-9-28-4/h11-12,14,25H,5-10,13H2,1-4H3,(H,23,26)/t14-/m1/s1. The summed E-state index contributed by atoms with van der Waals surface area (Å²) < 4.78 is 16.4. The fourth-order valence-electron chi connectivity index (χ4n) is 3.07. The van der Waals surface area contributed by atoms with Crippen LogP contribution in [0.15, 0.2) is 16.6 Å². The van der Waals surface area contributed by atoms with E-state index in [1.165, 1.54) is 12.1 Å². The number of amides is 2. The molecule has 1 heterocycles. The molecule has 0 unspecified atom stereocenters. The highest BCUT2D eigenvalue weighted by molar-refractivity contribution is 9.10. The van der Waals surface area contributed by atoms with Crippen LogP contribution >= 0.6 is 15.9 Å². The molecule has 1 fully saturated rings. The summed E-state index contributed by atoms with van der Waals surface area (Å²) in [6.45, 7) is 7.36. The number of phenols is 1. The van der Waals surface area contributed by atoms with Crippen LogP contribution in [0.1, 0.15) is 50.4 Å². The Bertz CT molecular complexity index is 750. The highest BCUT2D eigenvalue weighted by Crippen LogP contribution is 2.33. The van der Waals surface area contributed by atoms with Gasteiger partial charge in [0.15, 0.2) is 11.5 Å². The van der Waals surface area contributed by atoms with Gasteiger partial charge in [-0.25, -0.2) is 4.79 Å². The van der Waals surface area contributed by atoms with Gasteiger partial charge < -0.3 is 29.5 Å². The molecule has 2 rings (SSSR count). The summed E-state index contributed by atoms with van der Waals surface area (Å²) in [5.41, 5.74) is -0.215. The Kier molecular flexibility index (Phi) is 8.78. The Hall–Kier alpha value is -2.00. The van der Waals surface area contributed by atoms with Gasteiger partial charge in [-0.05, 0) is 61.7 Å². The zero-order chi connectivity index (χ0) is 22.3. The van der Waals surface area contributed by atoms with Crippen LogP contribution < -0.4 is 10.1 Å². The largest absolute Gasteiger partial charge is 0.504 e. The number of piperidine rings is 1. The monoisotopic (exact) mass is 486 g/mol. The molecule has 0 aromatic heterocycles. The summed E-state index contributed by atoms with van der Waals surface area (Å²) in [5.74, 6) is -0.122. The number of carbonyl (C=O) groups excluding carboxylic acids is 2. The average Bonchev–Trinajstić information content (AvgIpc) is 2.65. The Balaban J connectivity index is 2.01. The molecule has 0 aliphatic carbocycles. The quantitative estimate of drug-likeness (QED) is 0.570. The first-order chi connectivity index (χ1) is 14.1. The van der Waals surface area contributed by atoms with Crippen molar-refractivity contribution in [2.75, 3.05) is 33.4 Å². The molecule has 1 aliphatic rings. The predicted molar refractivity (Wildman–Crippen MR) is 116 cm³/mol. The van der Waals surface area contributed by atoms with Crippen LogP contribution in [0.2, 0.25) is 0 Å². The number of hydrogen-bond acceptors (Lipinski definition) is 6. The van der Waals surface area contributed by atoms with Gasteiger partial charge in [-0.1, -0.05) is 0 Å². The molecule has 1 aromatic carbocycles. The summed E-state index contributed by atoms with van der Waals surface area (Å²) in [6, 6.07) is 2.76. The SMILES string of the molecule is COCCCOc1cc(C(=O)N[C@@H]2CCCN(C(=O)OC(C)(C)C)C2)c(Br)cc1O. The van der Waals surface area contributed by atoms with E-state index in [9.17, 15) is 14.7 Å². The van der Waals surface area contributed by atoms with Crippen LogP contribution in [-0.4, -0.2) is 67.1 Å². The van der Waals surface area contributed by atoms with Crippen molar-refractivity contribution in [2.24, 2.45) is 0 Å². The van der Waals surface area contributed by atoms with E-state index < -0.39 is 5.60 Å². The lowest BCUT2D eigenvalue weighted by atomic mass is 10.1. The van der Waals surface area contributed by atoms with E-state index in [1.807, 2.05) is 20.8 Å². The molecule has 30 heavy (non-hydrogen) atoms. The van der Waals surface area contributed by atoms with Gasteiger partial charge >= 0.3 is 6.09 Å². The number of nitrogens with one attached hydrogen (secondary N) is 1. The molecule has 0 spiro atoms. The second-order valence-electron chi connectivity index (χ2n) is 8.23. The Morgan fingerprint density at radius 1 is 1.30 bits per heavy atom. The number of rotatable bonds is 7. The van der Waals surface area contributed by atoms with Crippen molar-refractivity contribution in [3.05, 3.63) is 22.2 Å². The zero-order valence-electron chi connectivity index (χ0n) is 18.0. The van der Waals surface area contributed by atoms with Crippen LogP contribution in [0, 0.1) is 0 Å². The summed E-state index contributed by atoms with van der Waals surface area (Å²) in [7, 11) is 1.61. The highest BCUT2D eigenvalue weighted by atomic mass is 79.9. The normalized spacial score (nSPS) is 16.8. The second-order valence-corrected chi connectivity index (χ2v) is 9.09. The molecule has 0 saturated carbocycles. The summed E-state index contributed by atoms with van der Waals surface area (Å²) >= 11 is 3.33. The minimum absolute atomic E-state index is 0.0513. The van der Waals surface area contributed by atoms with Gasteiger partial charge in [0.1, 0.15) is 5.60 Å². The average molecular weight is 487 g/mol. The topological polar surface area (TPSA) is 97.3 Å². The van der Waals surface area contributed by atoms with Crippen LogP contribution in [-0.2, 0) is 9.47 Å². The van der Waals surface area contributed by atoms with Gasteiger partial charge in [0.05, 0.1) is 12.2 Å². The van der Waals surface area contributed by atoms with Crippen molar-refractivity contribution < 1.29 is 28.9 Å². The fraction of sp³-hybridized carbons (Fsp3) is 0.619. The molecule has 0 bridgehead atoms. The van der Waals surface area contributed by atoms with Crippen molar-refractivity contribution in [2.45, 2.75) is 51.7 Å². The number of phenolic OH excluding ortho intramolecular Hbond substituents is 1. The second kappa shape index (κ2) is 10.9. The summed E-state index contributed by atoms with van der Waals surface area (Å²) in [4.78, 5) is 26.8. The maximum absolute atomic E-state index is 12.8. The molecule has 1 atom stereocenters. The molecule has 2 amide bonds. The first-order valence-corrected chi connectivity index (χ1v) is 10.8. The van der Waals surface area contributed by atoms with Crippen molar-refractivity contribution in [3.63, 3.8) is 0 Å².